The van der Waals surface area contributed by atoms with Gasteiger partial charge in [0.15, 0.2) is 0 Å². The Bertz CT molecular complexity index is 722. The molecule has 0 radical (unpaired) electrons. The van der Waals surface area contributed by atoms with E-state index in [1.807, 2.05) is 18.2 Å². The van der Waals surface area contributed by atoms with Crippen molar-refractivity contribution in [1.29, 1.82) is 5.26 Å². The van der Waals surface area contributed by atoms with Crippen LogP contribution in [0.5, 0.6) is 0 Å². The lowest BCUT2D eigenvalue weighted by molar-refractivity contribution is -0.117. The van der Waals surface area contributed by atoms with Gasteiger partial charge in [-0.25, -0.2) is 0 Å². The Balaban J connectivity index is 2.16. The molecular weight excluding hydrogens is 286 g/mol. The molecule has 106 valence electrons. The smallest absolute Gasteiger partial charge is 0.231 e. The monoisotopic (exact) mass is 299 g/mol. The Morgan fingerprint density at radius 3 is 2.71 bits per heavy atom. The van der Waals surface area contributed by atoms with E-state index in [0.717, 1.165) is 5.56 Å². The number of anilines is 2. The molecule has 21 heavy (non-hydrogen) atoms. The van der Waals surface area contributed by atoms with Crippen molar-refractivity contribution in [2.45, 2.75) is 12.8 Å². The van der Waals surface area contributed by atoms with Gasteiger partial charge in [-0.05, 0) is 42.8 Å². The third-order valence-electron chi connectivity index (χ3n) is 3.16. The highest BCUT2D eigenvalue weighted by Gasteiger charge is 2.16. The molecule has 2 aromatic rings. The zero-order chi connectivity index (χ0) is 15.4. The van der Waals surface area contributed by atoms with Gasteiger partial charge in [-0.3, -0.25) is 4.79 Å². The van der Waals surface area contributed by atoms with Crippen molar-refractivity contribution < 1.29 is 4.79 Å². The Hall–Kier alpha value is -2.51. The van der Waals surface area contributed by atoms with Crippen LogP contribution in [-0.2, 0) is 4.79 Å². The van der Waals surface area contributed by atoms with E-state index in [0.29, 0.717) is 22.0 Å². The van der Waals surface area contributed by atoms with Crippen LogP contribution in [0.2, 0.25) is 5.02 Å². The summed E-state index contributed by atoms with van der Waals surface area (Å²) in [6.07, 6.45) is 0. The lowest BCUT2D eigenvalue weighted by Gasteiger charge is -2.14. The molecule has 0 bridgehead atoms. The molecule has 0 aliphatic heterocycles. The Morgan fingerprint density at radius 1 is 1.33 bits per heavy atom. The van der Waals surface area contributed by atoms with Crippen LogP contribution in [0, 0.1) is 11.3 Å². The third-order valence-corrected chi connectivity index (χ3v) is 3.47. The predicted molar refractivity (Wildman–Crippen MR) is 84.1 cm³/mol. The van der Waals surface area contributed by atoms with Crippen LogP contribution in [0.1, 0.15) is 24.0 Å². The summed E-state index contributed by atoms with van der Waals surface area (Å²) in [6.45, 7) is 1.79. The minimum Gasteiger partial charge on any atom is -0.399 e. The van der Waals surface area contributed by atoms with Crippen molar-refractivity contribution >= 4 is 28.9 Å². The predicted octanol–water partition coefficient (Wildman–Crippen LogP) is 3.54. The molecule has 0 aliphatic rings. The summed E-state index contributed by atoms with van der Waals surface area (Å²) < 4.78 is 0. The van der Waals surface area contributed by atoms with Crippen LogP contribution in [0.25, 0.3) is 0 Å². The van der Waals surface area contributed by atoms with Gasteiger partial charge in [0.05, 0.1) is 28.3 Å². The molecule has 0 saturated carbocycles. The Labute approximate surface area is 128 Å². The molecule has 0 fully saturated rings. The third kappa shape index (κ3) is 3.53. The first-order valence-electron chi connectivity index (χ1n) is 6.37. The minimum atomic E-state index is -0.361. The van der Waals surface area contributed by atoms with Gasteiger partial charge in [0.2, 0.25) is 5.91 Å². The first kappa shape index (κ1) is 14.9. The lowest BCUT2D eigenvalue weighted by Crippen LogP contribution is -2.19. The van der Waals surface area contributed by atoms with Crippen LogP contribution >= 0.6 is 11.6 Å². The first-order chi connectivity index (χ1) is 10.0. The number of benzene rings is 2. The maximum absolute atomic E-state index is 12.3. The van der Waals surface area contributed by atoms with Gasteiger partial charge in [-0.2, -0.15) is 5.26 Å². The van der Waals surface area contributed by atoms with Gasteiger partial charge in [0.1, 0.15) is 0 Å². The molecule has 5 heteroatoms. The molecule has 0 aliphatic carbocycles. The average Bonchev–Trinajstić information content (AvgIpc) is 2.48. The number of rotatable bonds is 3. The van der Waals surface area contributed by atoms with Crippen molar-refractivity contribution in [3.05, 3.63) is 58.6 Å². The summed E-state index contributed by atoms with van der Waals surface area (Å²) in [6, 6.07) is 13.9. The van der Waals surface area contributed by atoms with Gasteiger partial charge in [0, 0.05) is 5.69 Å². The first-order valence-corrected chi connectivity index (χ1v) is 6.75. The number of nitrogens with zero attached hydrogens (tertiary/aromatic N) is 1. The highest BCUT2D eigenvalue weighted by molar-refractivity contribution is 6.33. The van der Waals surface area contributed by atoms with E-state index in [9.17, 15) is 4.79 Å². The molecule has 1 unspecified atom stereocenters. The molecule has 0 aromatic heterocycles. The van der Waals surface area contributed by atoms with Crippen molar-refractivity contribution in [3.63, 3.8) is 0 Å². The number of carbonyl (C=O) groups is 1. The fraction of sp³-hybridized carbons (Fsp3) is 0.125. The van der Waals surface area contributed by atoms with Crippen molar-refractivity contribution in [2.75, 3.05) is 11.1 Å². The maximum Gasteiger partial charge on any atom is 0.231 e. The summed E-state index contributed by atoms with van der Waals surface area (Å²) >= 11 is 6.04. The molecule has 2 rings (SSSR count). The van der Waals surface area contributed by atoms with E-state index < -0.39 is 0 Å². The number of nitrogen functional groups attached to an aromatic ring is 1. The summed E-state index contributed by atoms with van der Waals surface area (Å²) in [5.41, 5.74) is 8.10. The van der Waals surface area contributed by atoms with E-state index in [2.05, 4.69) is 5.32 Å². The topological polar surface area (TPSA) is 78.9 Å². The van der Waals surface area contributed by atoms with Crippen molar-refractivity contribution in [1.82, 2.24) is 0 Å². The fourth-order valence-electron chi connectivity index (χ4n) is 1.91. The van der Waals surface area contributed by atoms with E-state index in [1.54, 1.807) is 31.2 Å². The molecule has 0 heterocycles. The average molecular weight is 300 g/mol. The minimum absolute atomic E-state index is 0.188. The van der Waals surface area contributed by atoms with Gasteiger partial charge in [-0.1, -0.05) is 23.7 Å². The number of nitrogens with one attached hydrogen (secondary N) is 1. The number of hydrogen-bond acceptors (Lipinski definition) is 3. The molecule has 0 spiro atoms. The quantitative estimate of drug-likeness (QED) is 0.851. The molecule has 4 nitrogen and oxygen atoms in total. The van der Waals surface area contributed by atoms with Crippen LogP contribution in [0.3, 0.4) is 0 Å². The summed E-state index contributed by atoms with van der Waals surface area (Å²) in [5, 5.41) is 11.9. The highest BCUT2D eigenvalue weighted by Crippen LogP contribution is 2.25. The van der Waals surface area contributed by atoms with Gasteiger partial charge in [0.25, 0.3) is 0 Å². The van der Waals surface area contributed by atoms with E-state index in [-0.39, 0.29) is 11.8 Å². The second kappa shape index (κ2) is 6.29. The zero-order valence-electron chi connectivity index (χ0n) is 11.4. The molecule has 2 aromatic carbocycles. The summed E-state index contributed by atoms with van der Waals surface area (Å²) in [4.78, 5) is 12.3. The van der Waals surface area contributed by atoms with Crippen LogP contribution in [0.15, 0.2) is 42.5 Å². The zero-order valence-corrected chi connectivity index (χ0v) is 12.2. The maximum atomic E-state index is 12.3. The SMILES string of the molecule is CC(C(=O)Nc1ccc(C#N)cc1Cl)c1cccc(N)c1. The molecule has 3 N–H and O–H groups in total. The van der Waals surface area contributed by atoms with E-state index in [1.165, 1.54) is 6.07 Å². The summed E-state index contributed by atoms with van der Waals surface area (Å²) in [5.74, 6) is -0.549. The second-order valence-corrected chi connectivity index (χ2v) is 5.09. The second-order valence-electron chi connectivity index (χ2n) is 4.69. The highest BCUT2D eigenvalue weighted by atomic mass is 35.5. The van der Waals surface area contributed by atoms with Gasteiger partial charge < -0.3 is 11.1 Å². The molecular formula is C16H14ClN3O. The standard InChI is InChI=1S/C16H14ClN3O/c1-10(12-3-2-4-13(19)8-12)16(21)20-15-6-5-11(9-18)7-14(15)17/h2-8,10H,19H2,1H3,(H,20,21). The lowest BCUT2D eigenvalue weighted by atomic mass is 10.00. The van der Waals surface area contributed by atoms with Crippen LogP contribution < -0.4 is 11.1 Å². The van der Waals surface area contributed by atoms with E-state index >= 15 is 0 Å². The largest absolute Gasteiger partial charge is 0.399 e. The molecule has 1 atom stereocenters. The number of nitriles is 1. The molecule has 1 amide bonds. The fourth-order valence-corrected chi connectivity index (χ4v) is 2.13. The molecule has 0 saturated heterocycles. The summed E-state index contributed by atoms with van der Waals surface area (Å²) in [7, 11) is 0. The van der Waals surface area contributed by atoms with Gasteiger partial charge >= 0.3 is 0 Å². The number of amides is 1. The Morgan fingerprint density at radius 2 is 2.10 bits per heavy atom. The number of hydrogen-bond donors (Lipinski definition) is 2. The van der Waals surface area contributed by atoms with Crippen molar-refractivity contribution in [2.24, 2.45) is 0 Å². The Kier molecular flexibility index (Phi) is 4.46. The van der Waals surface area contributed by atoms with Crippen molar-refractivity contribution in [3.8, 4) is 6.07 Å². The number of halogens is 1. The van der Waals surface area contributed by atoms with Crippen LogP contribution in [0.4, 0.5) is 11.4 Å². The number of carbonyl (C=O) groups excluding carboxylic acids is 1. The van der Waals surface area contributed by atoms with E-state index in [4.69, 9.17) is 22.6 Å². The normalized spacial score (nSPS) is 11.5. The van der Waals surface area contributed by atoms with Crippen LogP contribution in [-0.4, -0.2) is 5.91 Å². The van der Waals surface area contributed by atoms with Gasteiger partial charge in [-0.15, -0.1) is 0 Å². The number of nitrogens with two attached hydrogens (primary N) is 1.